The summed E-state index contributed by atoms with van der Waals surface area (Å²) < 4.78 is 4.89. The van der Waals surface area contributed by atoms with Crippen molar-refractivity contribution < 1.29 is 14.5 Å². The first-order chi connectivity index (χ1) is 6.74. The molecule has 1 fully saturated rings. The van der Waals surface area contributed by atoms with Gasteiger partial charge in [-0.3, -0.25) is 4.79 Å². The summed E-state index contributed by atoms with van der Waals surface area (Å²) in [6.45, 7) is 2.90. The van der Waals surface area contributed by atoms with E-state index in [9.17, 15) is 9.82 Å². The molecule has 1 aliphatic heterocycles. The molecular weight excluding hydrogens is 181 g/mol. The zero-order valence-corrected chi connectivity index (χ0v) is 8.66. The smallest absolute Gasteiger partial charge is 0.508 e. The van der Waals surface area contributed by atoms with E-state index in [1.807, 2.05) is 6.92 Å². The van der Waals surface area contributed by atoms with Crippen LogP contribution in [0.1, 0.15) is 32.6 Å². The van der Waals surface area contributed by atoms with Crippen LogP contribution in [0.2, 0.25) is 6.32 Å². The second-order valence-corrected chi connectivity index (χ2v) is 3.68. The Morgan fingerprint density at radius 2 is 2.50 bits per heavy atom. The van der Waals surface area contributed by atoms with Crippen molar-refractivity contribution >= 4 is 13.1 Å². The van der Waals surface area contributed by atoms with Crippen LogP contribution in [0.4, 0.5) is 0 Å². The molecule has 0 saturated carbocycles. The molecule has 1 atom stereocenters. The van der Waals surface area contributed by atoms with E-state index in [2.05, 4.69) is 5.32 Å². The minimum Gasteiger partial charge on any atom is -0.508 e. The van der Waals surface area contributed by atoms with Gasteiger partial charge in [0.15, 0.2) is 0 Å². The van der Waals surface area contributed by atoms with E-state index in [1.165, 1.54) is 0 Å². The maximum absolute atomic E-state index is 11.4. The van der Waals surface area contributed by atoms with Crippen LogP contribution in [-0.2, 0) is 9.45 Å². The number of hydrogen-bond acceptors (Lipinski definition) is 4. The van der Waals surface area contributed by atoms with Crippen LogP contribution in [-0.4, -0.2) is 30.7 Å². The second-order valence-electron chi connectivity index (χ2n) is 3.68. The molecule has 0 radical (unpaired) electrons. The predicted molar refractivity (Wildman–Crippen MR) is 54.8 cm³/mol. The quantitative estimate of drug-likeness (QED) is 0.635. The highest BCUT2D eigenvalue weighted by atomic mass is 16.6. The Labute approximate surface area is 85.2 Å². The van der Waals surface area contributed by atoms with Gasteiger partial charge in [0.2, 0.25) is 0 Å². The summed E-state index contributed by atoms with van der Waals surface area (Å²) in [6, 6.07) is -0.203. The first-order valence-electron chi connectivity index (χ1n) is 5.36. The molecule has 1 aliphatic rings. The number of carbonyl (C=O) groups excluding carboxylic acids is 1. The molecule has 0 bridgehead atoms. The Morgan fingerprint density at radius 3 is 3.07 bits per heavy atom. The van der Waals surface area contributed by atoms with Gasteiger partial charge >= 0.3 is 13.1 Å². The fourth-order valence-corrected chi connectivity index (χ4v) is 1.54. The van der Waals surface area contributed by atoms with Gasteiger partial charge in [0.05, 0.1) is 0 Å². The summed E-state index contributed by atoms with van der Waals surface area (Å²) in [4.78, 5) is 11.4. The molecule has 2 N–H and O–H groups in total. The molecule has 0 aromatic rings. The first kappa shape index (κ1) is 11.5. The largest absolute Gasteiger partial charge is 0.524 e. The van der Waals surface area contributed by atoms with E-state index in [1.54, 1.807) is 0 Å². The number of nitrogens with one attached hydrogen (secondary N) is 1. The van der Waals surface area contributed by atoms with Crippen molar-refractivity contribution in [3.8, 4) is 0 Å². The van der Waals surface area contributed by atoms with Gasteiger partial charge in [-0.05, 0) is 25.7 Å². The fraction of sp³-hybridized carbons (Fsp3) is 0.889. The lowest BCUT2D eigenvalue weighted by atomic mass is 9.83. The van der Waals surface area contributed by atoms with Crippen LogP contribution in [0.5, 0.6) is 0 Å². The molecule has 0 aromatic heterocycles. The molecule has 1 rings (SSSR count). The molecule has 0 aliphatic carbocycles. The molecule has 80 valence electrons. The third-order valence-corrected chi connectivity index (χ3v) is 2.40. The van der Waals surface area contributed by atoms with Gasteiger partial charge in [0, 0.05) is 0 Å². The summed E-state index contributed by atoms with van der Waals surface area (Å²) >= 11 is 0. The third kappa shape index (κ3) is 3.68. The maximum atomic E-state index is 11.4. The average Bonchev–Trinajstić information content (AvgIpc) is 2.67. The van der Waals surface area contributed by atoms with Crippen molar-refractivity contribution in [2.75, 3.05) is 6.54 Å². The first-order valence-corrected chi connectivity index (χ1v) is 5.36. The van der Waals surface area contributed by atoms with Gasteiger partial charge < -0.3 is 15.0 Å². The van der Waals surface area contributed by atoms with Crippen molar-refractivity contribution in [3.63, 3.8) is 0 Å². The molecule has 0 spiro atoms. The van der Waals surface area contributed by atoms with Crippen LogP contribution >= 0.6 is 0 Å². The molecular formula is C9H18BNO3. The number of rotatable bonds is 5. The molecule has 0 unspecified atom stereocenters. The van der Waals surface area contributed by atoms with Gasteiger partial charge in [0.25, 0.3) is 0 Å². The molecule has 5 heteroatoms. The summed E-state index contributed by atoms with van der Waals surface area (Å²) in [5.41, 5.74) is 0. The van der Waals surface area contributed by atoms with Gasteiger partial charge in [-0.1, -0.05) is 19.8 Å². The standard InChI is InChI=1S/C9H18BNO3/c1-2-3-6-10(13)14-9(12)8-5-4-7-11-8/h8,11,13H,2-7H2,1H3/t8-/m1/s1. The zero-order valence-electron chi connectivity index (χ0n) is 8.66. The molecule has 1 heterocycles. The molecule has 14 heavy (non-hydrogen) atoms. The fourth-order valence-electron chi connectivity index (χ4n) is 1.54. The van der Waals surface area contributed by atoms with E-state index in [-0.39, 0.29) is 12.0 Å². The number of unbranched alkanes of at least 4 members (excludes halogenated alkanes) is 1. The predicted octanol–water partition coefficient (Wildman–Crippen LogP) is 0.562. The Hall–Kier alpha value is -0.545. The normalized spacial score (nSPS) is 20.9. The molecule has 0 aromatic carbocycles. The summed E-state index contributed by atoms with van der Waals surface area (Å²) in [5.74, 6) is -0.314. The Balaban J connectivity index is 2.18. The highest BCUT2D eigenvalue weighted by Crippen LogP contribution is 2.08. The van der Waals surface area contributed by atoms with Crippen molar-refractivity contribution in [2.45, 2.75) is 45.0 Å². The number of carbonyl (C=O) groups is 1. The molecule has 1 saturated heterocycles. The second kappa shape index (κ2) is 6.04. The van der Waals surface area contributed by atoms with Crippen LogP contribution in [0, 0.1) is 0 Å². The molecule has 0 amide bonds. The van der Waals surface area contributed by atoms with Gasteiger partial charge in [-0.15, -0.1) is 0 Å². The zero-order chi connectivity index (χ0) is 10.4. The summed E-state index contributed by atoms with van der Waals surface area (Å²) in [6.07, 6.45) is 4.24. The third-order valence-electron chi connectivity index (χ3n) is 2.40. The van der Waals surface area contributed by atoms with E-state index in [0.717, 1.165) is 32.2 Å². The lowest BCUT2D eigenvalue weighted by molar-refractivity contribution is -0.137. The van der Waals surface area contributed by atoms with E-state index in [4.69, 9.17) is 4.65 Å². The monoisotopic (exact) mass is 199 g/mol. The minimum atomic E-state index is -0.926. The summed E-state index contributed by atoms with van der Waals surface area (Å²) in [5, 5.41) is 12.4. The van der Waals surface area contributed by atoms with Gasteiger partial charge in [0.1, 0.15) is 6.04 Å². The summed E-state index contributed by atoms with van der Waals surface area (Å²) in [7, 11) is -0.926. The van der Waals surface area contributed by atoms with Crippen molar-refractivity contribution in [1.82, 2.24) is 5.32 Å². The van der Waals surface area contributed by atoms with Crippen LogP contribution in [0.15, 0.2) is 0 Å². The highest BCUT2D eigenvalue weighted by molar-refractivity contribution is 6.45. The van der Waals surface area contributed by atoms with Crippen molar-refractivity contribution in [3.05, 3.63) is 0 Å². The maximum Gasteiger partial charge on any atom is 0.524 e. The van der Waals surface area contributed by atoms with Crippen molar-refractivity contribution in [1.29, 1.82) is 0 Å². The molecule has 4 nitrogen and oxygen atoms in total. The minimum absolute atomic E-state index is 0.203. The van der Waals surface area contributed by atoms with Crippen LogP contribution in [0.3, 0.4) is 0 Å². The van der Waals surface area contributed by atoms with Gasteiger partial charge in [-0.2, -0.15) is 0 Å². The van der Waals surface area contributed by atoms with E-state index >= 15 is 0 Å². The highest BCUT2D eigenvalue weighted by Gasteiger charge is 2.27. The lowest BCUT2D eigenvalue weighted by Crippen LogP contribution is -2.36. The average molecular weight is 199 g/mol. The lowest BCUT2D eigenvalue weighted by Gasteiger charge is -2.12. The number of hydrogen-bond donors (Lipinski definition) is 2. The van der Waals surface area contributed by atoms with Gasteiger partial charge in [-0.25, -0.2) is 0 Å². The Kier molecular flexibility index (Phi) is 4.97. The van der Waals surface area contributed by atoms with Crippen LogP contribution < -0.4 is 5.32 Å². The Morgan fingerprint density at radius 1 is 1.71 bits per heavy atom. The van der Waals surface area contributed by atoms with Crippen molar-refractivity contribution in [2.24, 2.45) is 0 Å². The SMILES string of the molecule is CCCCB(O)OC(=O)[C@H]1CCCN1. The van der Waals surface area contributed by atoms with E-state index in [0.29, 0.717) is 6.32 Å². The van der Waals surface area contributed by atoms with E-state index < -0.39 is 7.12 Å². The van der Waals surface area contributed by atoms with Crippen LogP contribution in [0.25, 0.3) is 0 Å². The Bertz CT molecular complexity index is 183. The topological polar surface area (TPSA) is 58.6 Å².